The average molecular weight is 381 g/mol. The Labute approximate surface area is 162 Å². The smallest absolute Gasteiger partial charge is 0.250 e. The van der Waals surface area contributed by atoms with E-state index in [-0.39, 0.29) is 11.5 Å². The van der Waals surface area contributed by atoms with E-state index in [2.05, 4.69) is 10.2 Å². The molecule has 4 heterocycles. The van der Waals surface area contributed by atoms with Gasteiger partial charge in [-0.1, -0.05) is 6.07 Å². The van der Waals surface area contributed by atoms with E-state index < -0.39 is 0 Å². The minimum Gasteiger partial charge on any atom is -0.486 e. The number of pyridine rings is 1. The molecule has 0 radical (unpaired) electrons. The first-order chi connectivity index (χ1) is 13.7. The number of carbonyl (C=O) groups excluding carboxylic acids is 1. The van der Waals surface area contributed by atoms with Gasteiger partial charge in [-0.15, -0.1) is 0 Å². The molecule has 3 aliphatic rings. The molecule has 0 aliphatic carbocycles. The quantitative estimate of drug-likeness (QED) is 0.876. The van der Waals surface area contributed by atoms with Gasteiger partial charge in [0.1, 0.15) is 13.2 Å². The summed E-state index contributed by atoms with van der Waals surface area (Å²) in [5, 5.41) is 2.96. The number of amides is 1. The molecule has 1 fully saturated rings. The van der Waals surface area contributed by atoms with Crippen LogP contribution in [0.3, 0.4) is 0 Å². The first-order valence-electron chi connectivity index (χ1n) is 9.77. The van der Waals surface area contributed by atoms with Crippen LogP contribution in [0.15, 0.2) is 41.2 Å². The van der Waals surface area contributed by atoms with Crippen molar-refractivity contribution >= 4 is 11.6 Å². The zero-order valence-corrected chi connectivity index (χ0v) is 15.6. The largest absolute Gasteiger partial charge is 0.486 e. The summed E-state index contributed by atoms with van der Waals surface area (Å²) >= 11 is 0. The van der Waals surface area contributed by atoms with Crippen LogP contribution >= 0.6 is 0 Å². The molecule has 146 valence electrons. The second-order valence-electron chi connectivity index (χ2n) is 7.80. The Morgan fingerprint density at radius 1 is 1.07 bits per heavy atom. The van der Waals surface area contributed by atoms with Crippen LogP contribution in [0.2, 0.25) is 0 Å². The van der Waals surface area contributed by atoms with Crippen molar-refractivity contribution in [1.82, 2.24) is 9.47 Å². The molecule has 1 aromatic carbocycles. The minimum atomic E-state index is -0.0397. The van der Waals surface area contributed by atoms with E-state index in [9.17, 15) is 9.59 Å². The molecule has 1 aromatic heterocycles. The van der Waals surface area contributed by atoms with Gasteiger partial charge in [0.05, 0.1) is 6.54 Å². The molecular weight excluding hydrogens is 358 g/mol. The molecule has 7 heteroatoms. The molecule has 2 bridgehead atoms. The average Bonchev–Trinajstić information content (AvgIpc) is 2.68. The summed E-state index contributed by atoms with van der Waals surface area (Å²) < 4.78 is 13.0. The van der Waals surface area contributed by atoms with Gasteiger partial charge >= 0.3 is 0 Å². The number of nitrogens with zero attached hydrogens (tertiary/aromatic N) is 2. The molecule has 2 atom stereocenters. The van der Waals surface area contributed by atoms with Gasteiger partial charge in [0.25, 0.3) is 5.56 Å². The van der Waals surface area contributed by atoms with Gasteiger partial charge in [-0.25, -0.2) is 0 Å². The molecule has 7 nitrogen and oxygen atoms in total. The summed E-state index contributed by atoms with van der Waals surface area (Å²) in [5.74, 6) is 2.06. The number of fused-ring (bicyclic) bond motifs is 5. The van der Waals surface area contributed by atoms with Crippen LogP contribution in [0.25, 0.3) is 0 Å². The van der Waals surface area contributed by atoms with E-state index in [1.54, 1.807) is 12.1 Å². The fourth-order valence-corrected chi connectivity index (χ4v) is 4.65. The SMILES string of the molecule is O=C(CN1CC2CC(C1)c1cccc(=O)n1C2)Nc1ccc2c(c1)OCCO2. The highest BCUT2D eigenvalue weighted by Crippen LogP contribution is 2.35. The lowest BCUT2D eigenvalue weighted by molar-refractivity contribution is -0.117. The molecule has 2 unspecified atom stereocenters. The van der Waals surface area contributed by atoms with Crippen molar-refractivity contribution in [2.24, 2.45) is 5.92 Å². The van der Waals surface area contributed by atoms with Crippen molar-refractivity contribution in [2.45, 2.75) is 18.9 Å². The summed E-state index contributed by atoms with van der Waals surface area (Å²) in [7, 11) is 0. The standard InChI is InChI=1S/C21H23N3O4/c25-20(22-16-4-5-18-19(9-16)28-7-6-27-18)13-23-10-14-8-15(12-23)17-2-1-3-21(26)24(17)11-14/h1-5,9,14-15H,6-8,10-13H2,(H,22,25). The molecule has 1 N–H and O–H groups in total. The maximum Gasteiger partial charge on any atom is 0.250 e. The van der Waals surface area contributed by atoms with Crippen molar-refractivity contribution in [3.63, 3.8) is 0 Å². The molecule has 2 aromatic rings. The number of ether oxygens (including phenoxy) is 2. The molecule has 28 heavy (non-hydrogen) atoms. The van der Waals surface area contributed by atoms with E-state index >= 15 is 0 Å². The van der Waals surface area contributed by atoms with Crippen molar-refractivity contribution in [1.29, 1.82) is 0 Å². The van der Waals surface area contributed by atoms with Gasteiger partial charge in [0.15, 0.2) is 11.5 Å². The molecular formula is C21H23N3O4. The Balaban J connectivity index is 1.25. The predicted octanol–water partition coefficient (Wildman–Crippen LogP) is 1.68. The van der Waals surface area contributed by atoms with Crippen molar-refractivity contribution < 1.29 is 14.3 Å². The summed E-state index contributed by atoms with van der Waals surface area (Å²) in [6.07, 6.45) is 1.09. The summed E-state index contributed by atoms with van der Waals surface area (Å²) in [5.41, 5.74) is 1.89. The van der Waals surface area contributed by atoms with Crippen LogP contribution in [-0.2, 0) is 11.3 Å². The lowest BCUT2D eigenvalue weighted by atomic mass is 9.83. The second-order valence-corrected chi connectivity index (χ2v) is 7.80. The van der Waals surface area contributed by atoms with Crippen LogP contribution in [0.5, 0.6) is 11.5 Å². The van der Waals surface area contributed by atoms with Gasteiger partial charge in [-0.05, 0) is 30.5 Å². The zero-order chi connectivity index (χ0) is 19.1. The Hall–Kier alpha value is -2.80. The van der Waals surface area contributed by atoms with Gasteiger partial charge in [-0.3, -0.25) is 14.5 Å². The number of hydrogen-bond acceptors (Lipinski definition) is 5. The van der Waals surface area contributed by atoms with Gasteiger partial charge in [0, 0.05) is 49.1 Å². The van der Waals surface area contributed by atoms with E-state index in [4.69, 9.17) is 9.47 Å². The highest BCUT2D eigenvalue weighted by Gasteiger charge is 2.34. The lowest BCUT2D eigenvalue weighted by Crippen LogP contribution is -2.49. The second kappa shape index (κ2) is 6.98. The molecule has 1 amide bonds. The highest BCUT2D eigenvalue weighted by atomic mass is 16.6. The fraction of sp³-hybridized carbons (Fsp3) is 0.429. The number of piperidine rings is 1. The summed E-state index contributed by atoms with van der Waals surface area (Å²) in [6, 6.07) is 11.0. The Morgan fingerprint density at radius 2 is 1.93 bits per heavy atom. The monoisotopic (exact) mass is 381 g/mol. The Kier molecular flexibility index (Phi) is 4.31. The van der Waals surface area contributed by atoms with Crippen molar-refractivity contribution in [3.05, 3.63) is 52.4 Å². The van der Waals surface area contributed by atoms with Crippen LogP contribution in [0.4, 0.5) is 5.69 Å². The number of aromatic nitrogens is 1. The first-order valence-corrected chi connectivity index (χ1v) is 9.77. The zero-order valence-electron chi connectivity index (χ0n) is 15.6. The Bertz CT molecular complexity index is 970. The molecule has 0 spiro atoms. The van der Waals surface area contributed by atoms with Crippen LogP contribution < -0.4 is 20.3 Å². The van der Waals surface area contributed by atoms with E-state index in [0.717, 1.165) is 31.7 Å². The summed E-state index contributed by atoms with van der Waals surface area (Å²) in [4.78, 5) is 26.9. The normalized spacial score (nSPS) is 23.0. The fourth-order valence-electron chi connectivity index (χ4n) is 4.65. The third kappa shape index (κ3) is 3.26. The van der Waals surface area contributed by atoms with E-state index in [1.807, 2.05) is 28.8 Å². The van der Waals surface area contributed by atoms with Gasteiger partial charge in [0.2, 0.25) is 5.91 Å². The topological polar surface area (TPSA) is 72.8 Å². The number of hydrogen-bond donors (Lipinski definition) is 1. The van der Waals surface area contributed by atoms with E-state index in [0.29, 0.717) is 48.8 Å². The number of nitrogens with one attached hydrogen (secondary N) is 1. The van der Waals surface area contributed by atoms with Gasteiger partial charge in [-0.2, -0.15) is 0 Å². The third-order valence-corrected chi connectivity index (χ3v) is 5.75. The van der Waals surface area contributed by atoms with Crippen LogP contribution in [0, 0.1) is 5.92 Å². The molecule has 1 saturated heterocycles. The van der Waals surface area contributed by atoms with Gasteiger partial charge < -0.3 is 19.4 Å². The predicted molar refractivity (Wildman–Crippen MR) is 104 cm³/mol. The highest BCUT2D eigenvalue weighted by molar-refractivity contribution is 5.92. The molecule has 5 rings (SSSR count). The van der Waals surface area contributed by atoms with Crippen LogP contribution in [0.1, 0.15) is 18.0 Å². The van der Waals surface area contributed by atoms with Crippen molar-refractivity contribution in [3.8, 4) is 11.5 Å². The first kappa shape index (κ1) is 17.3. The minimum absolute atomic E-state index is 0.0397. The number of benzene rings is 1. The number of carbonyl (C=O) groups is 1. The van der Waals surface area contributed by atoms with Crippen molar-refractivity contribution in [2.75, 3.05) is 38.2 Å². The lowest BCUT2D eigenvalue weighted by Gasteiger charge is -2.42. The molecule has 3 aliphatic heterocycles. The maximum atomic E-state index is 12.6. The third-order valence-electron chi connectivity index (χ3n) is 5.75. The van der Waals surface area contributed by atoms with Crippen LogP contribution in [-0.4, -0.2) is 48.2 Å². The number of anilines is 1. The number of likely N-dealkylation sites (tertiary alicyclic amines) is 1. The molecule has 0 saturated carbocycles. The maximum absolute atomic E-state index is 12.6. The number of rotatable bonds is 3. The van der Waals surface area contributed by atoms with E-state index in [1.165, 1.54) is 0 Å². The Morgan fingerprint density at radius 3 is 2.82 bits per heavy atom. The summed E-state index contributed by atoms with van der Waals surface area (Å²) in [6.45, 7) is 3.79.